The third kappa shape index (κ3) is 4.29. The van der Waals surface area contributed by atoms with Crippen molar-refractivity contribution in [3.05, 3.63) is 53.7 Å². The molecule has 3 rings (SSSR count). The molecule has 2 aromatic heterocycles. The molecule has 6 heteroatoms. The molecule has 4 N–H and O–H groups in total. The van der Waals surface area contributed by atoms with Crippen LogP contribution in [0.15, 0.2) is 47.0 Å². The summed E-state index contributed by atoms with van der Waals surface area (Å²) in [5.74, 6) is 2.18. The number of unbranched alkanes of at least 4 members (excludes halogenated alkanes) is 1. The highest BCUT2D eigenvalue weighted by atomic mass is 16.5. The van der Waals surface area contributed by atoms with E-state index in [1.165, 1.54) is 0 Å². The van der Waals surface area contributed by atoms with Crippen LogP contribution in [-0.4, -0.2) is 16.7 Å². The first-order chi connectivity index (χ1) is 12.2. The van der Waals surface area contributed by atoms with Crippen molar-refractivity contribution in [2.75, 3.05) is 18.1 Å². The number of ether oxygens (including phenoxy) is 1. The molecule has 130 valence electrons. The molecule has 0 bridgehead atoms. The molecule has 0 amide bonds. The van der Waals surface area contributed by atoms with E-state index in [1.807, 2.05) is 30.3 Å². The Morgan fingerprint density at radius 3 is 2.60 bits per heavy atom. The lowest BCUT2D eigenvalue weighted by molar-refractivity contribution is 0.309. The standard InChI is InChI=1S/C19H22N4O2/c1-2-3-10-24-15-6-4-13(5-7-15)11-14-12-17(25-23-14)16-8-9-18(20)22-19(16)21/h4-9,12H,2-3,10-11H2,1H3,(H4,20,21,22). The van der Waals surface area contributed by atoms with Crippen LogP contribution in [0.5, 0.6) is 5.75 Å². The summed E-state index contributed by atoms with van der Waals surface area (Å²) in [6.07, 6.45) is 2.86. The summed E-state index contributed by atoms with van der Waals surface area (Å²) in [5, 5.41) is 4.11. The number of aromatic nitrogens is 2. The van der Waals surface area contributed by atoms with Gasteiger partial charge in [0.1, 0.15) is 17.4 Å². The maximum absolute atomic E-state index is 5.89. The van der Waals surface area contributed by atoms with Crippen molar-refractivity contribution in [2.24, 2.45) is 0 Å². The molecule has 3 aromatic rings. The first-order valence-electron chi connectivity index (χ1n) is 8.35. The van der Waals surface area contributed by atoms with Gasteiger partial charge in [0.25, 0.3) is 0 Å². The zero-order valence-corrected chi connectivity index (χ0v) is 14.2. The largest absolute Gasteiger partial charge is 0.494 e. The molecule has 2 heterocycles. The average Bonchev–Trinajstić information content (AvgIpc) is 3.05. The molecule has 6 nitrogen and oxygen atoms in total. The third-order valence-corrected chi connectivity index (χ3v) is 3.85. The molecule has 0 aliphatic carbocycles. The molecule has 0 unspecified atom stereocenters. The molecule has 0 fully saturated rings. The fourth-order valence-corrected chi connectivity index (χ4v) is 2.47. The van der Waals surface area contributed by atoms with Gasteiger partial charge in [0, 0.05) is 12.5 Å². The highest BCUT2D eigenvalue weighted by molar-refractivity contribution is 5.71. The Balaban J connectivity index is 1.67. The fourth-order valence-electron chi connectivity index (χ4n) is 2.47. The van der Waals surface area contributed by atoms with Gasteiger partial charge in [-0.25, -0.2) is 4.98 Å². The van der Waals surface area contributed by atoms with Crippen LogP contribution in [0.25, 0.3) is 11.3 Å². The van der Waals surface area contributed by atoms with E-state index in [0.29, 0.717) is 29.4 Å². The highest BCUT2D eigenvalue weighted by Gasteiger charge is 2.11. The van der Waals surface area contributed by atoms with Gasteiger partial charge in [-0.1, -0.05) is 30.6 Å². The minimum absolute atomic E-state index is 0.330. The molecule has 0 saturated heterocycles. The van der Waals surface area contributed by atoms with E-state index in [1.54, 1.807) is 12.1 Å². The summed E-state index contributed by atoms with van der Waals surface area (Å²) in [4.78, 5) is 4.04. The fraction of sp³-hybridized carbons (Fsp3) is 0.263. The van der Waals surface area contributed by atoms with Gasteiger partial charge in [0.15, 0.2) is 5.76 Å². The summed E-state index contributed by atoms with van der Waals surface area (Å²) < 4.78 is 11.1. The van der Waals surface area contributed by atoms with E-state index < -0.39 is 0 Å². The van der Waals surface area contributed by atoms with E-state index in [-0.39, 0.29) is 0 Å². The maximum Gasteiger partial charge on any atom is 0.170 e. The topological polar surface area (TPSA) is 100 Å². The lowest BCUT2D eigenvalue weighted by atomic mass is 10.1. The van der Waals surface area contributed by atoms with Gasteiger partial charge in [-0.05, 0) is 36.2 Å². The smallest absolute Gasteiger partial charge is 0.170 e. The number of hydrogen-bond acceptors (Lipinski definition) is 6. The number of rotatable bonds is 7. The van der Waals surface area contributed by atoms with Crippen molar-refractivity contribution in [1.29, 1.82) is 0 Å². The van der Waals surface area contributed by atoms with Crippen LogP contribution in [0.4, 0.5) is 11.6 Å². The normalized spacial score (nSPS) is 10.8. The predicted octanol–water partition coefficient (Wildman–Crippen LogP) is 3.67. The zero-order chi connectivity index (χ0) is 17.6. The van der Waals surface area contributed by atoms with Gasteiger partial charge < -0.3 is 20.7 Å². The molecule has 0 saturated carbocycles. The molecular formula is C19H22N4O2. The Kier molecular flexibility index (Phi) is 5.18. The maximum atomic E-state index is 5.89. The summed E-state index contributed by atoms with van der Waals surface area (Å²) in [7, 11) is 0. The average molecular weight is 338 g/mol. The van der Waals surface area contributed by atoms with Gasteiger partial charge in [-0.2, -0.15) is 0 Å². The Bertz CT molecular complexity index is 828. The third-order valence-electron chi connectivity index (χ3n) is 3.85. The van der Waals surface area contributed by atoms with E-state index in [4.69, 9.17) is 20.7 Å². The van der Waals surface area contributed by atoms with Crippen LogP contribution in [-0.2, 0) is 6.42 Å². The van der Waals surface area contributed by atoms with Crippen molar-refractivity contribution in [3.63, 3.8) is 0 Å². The number of nitrogens with two attached hydrogens (primary N) is 2. The van der Waals surface area contributed by atoms with Crippen molar-refractivity contribution < 1.29 is 9.26 Å². The monoisotopic (exact) mass is 338 g/mol. The van der Waals surface area contributed by atoms with Crippen LogP contribution in [0.3, 0.4) is 0 Å². The molecule has 0 spiro atoms. The summed E-state index contributed by atoms with van der Waals surface area (Å²) in [6.45, 7) is 2.90. The minimum Gasteiger partial charge on any atom is -0.494 e. The molecule has 0 radical (unpaired) electrons. The molecule has 0 aliphatic heterocycles. The second-order valence-corrected chi connectivity index (χ2v) is 5.87. The van der Waals surface area contributed by atoms with Crippen LogP contribution in [0.1, 0.15) is 31.0 Å². The molecule has 25 heavy (non-hydrogen) atoms. The van der Waals surface area contributed by atoms with Gasteiger partial charge >= 0.3 is 0 Å². The van der Waals surface area contributed by atoms with Crippen molar-refractivity contribution in [1.82, 2.24) is 10.1 Å². The summed E-state index contributed by atoms with van der Waals surface area (Å²) in [5.41, 5.74) is 14.1. The first-order valence-corrected chi connectivity index (χ1v) is 8.35. The predicted molar refractivity (Wildman–Crippen MR) is 98.2 cm³/mol. The van der Waals surface area contributed by atoms with Crippen LogP contribution < -0.4 is 16.2 Å². The summed E-state index contributed by atoms with van der Waals surface area (Å²) >= 11 is 0. The van der Waals surface area contributed by atoms with Crippen LogP contribution in [0.2, 0.25) is 0 Å². The Morgan fingerprint density at radius 1 is 1.08 bits per heavy atom. The van der Waals surface area contributed by atoms with E-state index in [9.17, 15) is 0 Å². The highest BCUT2D eigenvalue weighted by Crippen LogP contribution is 2.26. The molecule has 0 atom stereocenters. The Hall–Kier alpha value is -3.02. The van der Waals surface area contributed by atoms with Crippen molar-refractivity contribution in [2.45, 2.75) is 26.2 Å². The molecule has 0 aliphatic rings. The zero-order valence-electron chi connectivity index (χ0n) is 14.2. The second-order valence-electron chi connectivity index (χ2n) is 5.87. The van der Waals surface area contributed by atoms with Gasteiger partial charge in [0.05, 0.1) is 17.9 Å². The number of hydrogen-bond donors (Lipinski definition) is 2. The van der Waals surface area contributed by atoms with Gasteiger partial charge in [-0.15, -0.1) is 0 Å². The number of benzene rings is 1. The van der Waals surface area contributed by atoms with E-state index in [2.05, 4.69) is 17.1 Å². The van der Waals surface area contributed by atoms with Crippen molar-refractivity contribution in [3.8, 4) is 17.1 Å². The lowest BCUT2D eigenvalue weighted by Gasteiger charge is -2.05. The van der Waals surface area contributed by atoms with Crippen LogP contribution in [0, 0.1) is 0 Å². The Morgan fingerprint density at radius 2 is 1.88 bits per heavy atom. The first kappa shape index (κ1) is 16.8. The van der Waals surface area contributed by atoms with Crippen LogP contribution >= 0.6 is 0 Å². The second kappa shape index (κ2) is 7.70. The number of anilines is 2. The van der Waals surface area contributed by atoms with E-state index in [0.717, 1.165) is 36.5 Å². The van der Waals surface area contributed by atoms with E-state index >= 15 is 0 Å². The number of pyridine rings is 1. The number of nitrogen functional groups attached to an aromatic ring is 2. The quantitative estimate of drug-likeness (QED) is 0.638. The van der Waals surface area contributed by atoms with Gasteiger partial charge in [-0.3, -0.25) is 0 Å². The Labute approximate surface area is 146 Å². The molecule has 1 aromatic carbocycles. The van der Waals surface area contributed by atoms with Gasteiger partial charge in [0.2, 0.25) is 0 Å². The van der Waals surface area contributed by atoms with Crippen molar-refractivity contribution >= 4 is 11.6 Å². The lowest BCUT2D eigenvalue weighted by Crippen LogP contribution is -1.97. The SMILES string of the molecule is CCCCOc1ccc(Cc2cc(-c3ccc(N)nc3N)on2)cc1. The minimum atomic E-state index is 0.330. The molecular weight excluding hydrogens is 316 g/mol. The summed E-state index contributed by atoms with van der Waals surface area (Å²) in [6, 6.07) is 13.4. The number of nitrogens with zero attached hydrogens (tertiary/aromatic N) is 2.